The molecular formula is C49H53N21O4S4. The van der Waals surface area contributed by atoms with Crippen molar-refractivity contribution in [3.63, 3.8) is 0 Å². The summed E-state index contributed by atoms with van der Waals surface area (Å²) >= 11 is 5.99. The fraction of sp³-hybridized carbons (Fsp3) is 0. The minimum atomic E-state index is 1.21. The molecule has 15 aromatic heterocycles. The van der Waals surface area contributed by atoms with Gasteiger partial charge in [0.1, 0.15) is 18.9 Å². The highest BCUT2D eigenvalue weighted by Crippen LogP contribution is 1.91. The fourth-order valence-corrected chi connectivity index (χ4v) is 4.55. The first kappa shape index (κ1) is 65.5. The predicted molar refractivity (Wildman–Crippen MR) is 297 cm³/mol. The van der Waals surface area contributed by atoms with Crippen LogP contribution in [-0.2, 0) is 0 Å². The number of oxazole rings is 1. The molecule has 0 aromatic carbocycles. The summed E-state index contributed by atoms with van der Waals surface area (Å²) in [5, 5.41) is 40.4. The predicted octanol–water partition coefficient (Wildman–Crippen LogP) is 10.9. The van der Waals surface area contributed by atoms with Crippen LogP contribution in [0, 0.1) is 0 Å². The Balaban J connectivity index is 0.000000418. The van der Waals surface area contributed by atoms with Crippen LogP contribution in [-0.4, -0.2) is 104 Å². The highest BCUT2D eigenvalue weighted by atomic mass is 32.1. The van der Waals surface area contributed by atoms with E-state index in [0.717, 1.165) is 0 Å². The van der Waals surface area contributed by atoms with E-state index in [1.54, 1.807) is 171 Å². The highest BCUT2D eigenvalue weighted by molar-refractivity contribution is 7.07. The lowest BCUT2D eigenvalue weighted by Gasteiger charge is -1.70. The van der Waals surface area contributed by atoms with E-state index in [2.05, 4.69) is 122 Å². The second-order valence-electron chi connectivity index (χ2n) is 11.4. The van der Waals surface area contributed by atoms with E-state index in [1.165, 1.54) is 60.9 Å². The first-order valence-corrected chi connectivity index (χ1v) is 25.2. The van der Waals surface area contributed by atoms with E-state index in [0.29, 0.717) is 0 Å². The number of nitrogens with zero attached hydrogens (tertiary/aromatic N) is 17. The molecule has 0 radical (unpaired) electrons. The molecule has 0 amide bonds. The highest BCUT2D eigenvalue weighted by Gasteiger charge is 1.66. The summed E-state index contributed by atoms with van der Waals surface area (Å²) < 4.78 is 28.5. The molecule has 0 saturated heterocycles. The molecule has 0 unspecified atom stereocenters. The van der Waals surface area contributed by atoms with Crippen molar-refractivity contribution in [2.45, 2.75) is 0 Å². The number of aromatic nitrogens is 21. The quantitative estimate of drug-likeness (QED) is 0.110. The number of aromatic amines is 4. The maximum Gasteiger partial charge on any atom is 0.180 e. The Bertz CT molecular complexity index is 1960. The summed E-state index contributed by atoms with van der Waals surface area (Å²) in [4.78, 5) is 27.7. The normalized spacial score (nSPS) is 8.00. The Morgan fingerprint density at radius 2 is 1.09 bits per heavy atom. The molecule has 0 bridgehead atoms. The van der Waals surface area contributed by atoms with Gasteiger partial charge in [-0.25, -0.2) is 28.9 Å². The molecule has 25 nitrogen and oxygen atoms in total. The minimum Gasteiger partial charge on any atom is -0.473 e. The Kier molecular flexibility index (Phi) is 52.6. The summed E-state index contributed by atoms with van der Waals surface area (Å²) in [7, 11) is 0. The molecule has 15 aromatic rings. The van der Waals surface area contributed by atoms with Crippen molar-refractivity contribution >= 4 is 45.9 Å². The number of hydrogen-bond acceptors (Lipinski definition) is 25. The Morgan fingerprint density at radius 1 is 0.359 bits per heavy atom. The zero-order valence-electron chi connectivity index (χ0n) is 41.2. The van der Waals surface area contributed by atoms with Crippen molar-refractivity contribution in [1.82, 2.24) is 104 Å². The van der Waals surface area contributed by atoms with E-state index in [1.807, 2.05) is 113 Å². The average molecular weight is 1130 g/mol. The number of hydrogen-bond donors (Lipinski definition) is 4. The first-order chi connectivity index (χ1) is 39.0. The summed E-state index contributed by atoms with van der Waals surface area (Å²) in [6.07, 6.45) is 47.7. The molecule has 15 heterocycles. The van der Waals surface area contributed by atoms with Gasteiger partial charge >= 0.3 is 0 Å². The largest absolute Gasteiger partial charge is 0.473 e. The second kappa shape index (κ2) is 62.6. The molecule has 0 fully saturated rings. The minimum absolute atomic E-state index is 1.21. The van der Waals surface area contributed by atoms with E-state index in [-0.39, 0.29) is 0 Å². The lowest BCUT2D eigenvalue weighted by atomic mass is 10.5. The molecule has 0 aliphatic heterocycles. The van der Waals surface area contributed by atoms with E-state index in [4.69, 9.17) is 0 Å². The molecule has 0 aliphatic rings. The van der Waals surface area contributed by atoms with Crippen LogP contribution in [0.25, 0.3) is 0 Å². The van der Waals surface area contributed by atoms with Crippen LogP contribution < -0.4 is 0 Å². The standard InChI is InChI=1S/C5H5N.2C4H4N2.C4H5N.C4H4O.C4H4S.2C3H4N2.2C3H3NO.2C3H3NS.C2H3N3.C2H2N2O.C2H2N2S/c1-2-4-6-5-3-1;1-2-5-4-6-3-1;1-2-4-6-5-3-1;3*1-2-4-5-3-1;1-2-5-3-4-1;1-2-4-5-3-1;1-2-5-3-4-1;1-2-4-5-3-1;1-2-5-3-4-1;4*1-2-4-5-3-1/h1-5H;2*1-4H;1-5H;2*1-4H;2*1-3H,(H,4,5);4*1-3H;1-2H,(H,3,4,5);2*1-2H. The zero-order chi connectivity index (χ0) is 55.2. The molecule has 78 heavy (non-hydrogen) atoms. The van der Waals surface area contributed by atoms with Crippen LogP contribution in [0.3, 0.4) is 0 Å². The van der Waals surface area contributed by atoms with Crippen LogP contribution in [0.1, 0.15) is 0 Å². The Hall–Kier alpha value is -10.5. The van der Waals surface area contributed by atoms with Crippen LogP contribution in [0.2, 0.25) is 0 Å². The molecule has 29 heteroatoms. The van der Waals surface area contributed by atoms with E-state index < -0.39 is 0 Å². The van der Waals surface area contributed by atoms with Crippen molar-refractivity contribution in [2.75, 3.05) is 0 Å². The first-order valence-electron chi connectivity index (χ1n) is 21.7. The number of nitrogens with one attached hydrogen (secondary N) is 4. The maximum absolute atomic E-state index is 4.58. The van der Waals surface area contributed by atoms with Crippen LogP contribution >= 0.6 is 45.9 Å². The van der Waals surface area contributed by atoms with Gasteiger partial charge in [-0.3, -0.25) is 15.1 Å². The Labute approximate surface area is 464 Å². The molecule has 15 rings (SSSR count). The van der Waals surface area contributed by atoms with Crippen molar-refractivity contribution in [1.29, 1.82) is 0 Å². The van der Waals surface area contributed by atoms with Gasteiger partial charge in [0.15, 0.2) is 6.39 Å². The number of imidazole rings is 1. The fourth-order valence-electron chi connectivity index (χ4n) is 3.12. The second-order valence-corrected chi connectivity index (χ2v) is 14.3. The number of H-pyrrole nitrogens is 4. The monoisotopic (exact) mass is 1130 g/mol. The van der Waals surface area contributed by atoms with Crippen molar-refractivity contribution in [2.24, 2.45) is 0 Å². The third-order valence-corrected chi connectivity index (χ3v) is 8.08. The van der Waals surface area contributed by atoms with Gasteiger partial charge in [-0.1, -0.05) is 33.7 Å². The lowest BCUT2D eigenvalue weighted by Crippen LogP contribution is -1.69. The molecule has 0 saturated carbocycles. The molecule has 0 spiro atoms. The van der Waals surface area contributed by atoms with Gasteiger partial charge in [0, 0.05) is 97.5 Å². The van der Waals surface area contributed by atoms with Gasteiger partial charge in [0.05, 0.1) is 85.7 Å². The van der Waals surface area contributed by atoms with E-state index in [9.17, 15) is 0 Å². The average Bonchev–Trinajstić information content (AvgIpc) is 4.36. The number of rotatable bonds is 0. The van der Waals surface area contributed by atoms with Gasteiger partial charge in [0.2, 0.25) is 0 Å². The Morgan fingerprint density at radius 3 is 1.28 bits per heavy atom. The number of furan rings is 1. The van der Waals surface area contributed by atoms with Crippen LogP contribution in [0.4, 0.5) is 0 Å². The number of pyridine rings is 1. The van der Waals surface area contributed by atoms with Crippen molar-refractivity contribution < 1.29 is 18.0 Å². The van der Waals surface area contributed by atoms with Gasteiger partial charge in [0.25, 0.3) is 0 Å². The zero-order valence-corrected chi connectivity index (χ0v) is 44.4. The molecule has 402 valence electrons. The van der Waals surface area contributed by atoms with Gasteiger partial charge < -0.3 is 23.3 Å². The lowest BCUT2D eigenvalue weighted by molar-refractivity contribution is 0.307. The van der Waals surface area contributed by atoms with Crippen LogP contribution in [0.15, 0.2) is 316 Å². The van der Waals surface area contributed by atoms with Gasteiger partial charge in [-0.2, -0.15) is 50.8 Å². The van der Waals surface area contributed by atoms with E-state index >= 15 is 0 Å². The van der Waals surface area contributed by atoms with Crippen molar-refractivity contribution in [3.05, 3.63) is 298 Å². The number of thiophene rings is 1. The summed E-state index contributed by atoms with van der Waals surface area (Å²) in [5.74, 6) is 0. The van der Waals surface area contributed by atoms with Crippen molar-refractivity contribution in [3.8, 4) is 0 Å². The maximum atomic E-state index is 4.58. The van der Waals surface area contributed by atoms with Gasteiger partial charge in [-0.05, 0) is 95.1 Å². The third-order valence-electron chi connectivity index (χ3n) is 5.97. The van der Waals surface area contributed by atoms with Crippen LogP contribution in [0.5, 0.6) is 0 Å². The summed E-state index contributed by atoms with van der Waals surface area (Å²) in [6, 6.07) is 28.2. The molecule has 0 atom stereocenters. The summed E-state index contributed by atoms with van der Waals surface area (Å²) in [6.45, 7) is 0. The molecule has 0 aliphatic carbocycles. The number of thiazole rings is 1. The molecular weight excluding hydrogens is 1070 g/mol. The third kappa shape index (κ3) is 59.8. The summed E-state index contributed by atoms with van der Waals surface area (Å²) in [5.41, 5.74) is 1.79. The smallest absolute Gasteiger partial charge is 0.180 e. The molecule has 4 N–H and O–H groups in total. The van der Waals surface area contributed by atoms with Gasteiger partial charge in [-0.15, -0.1) is 11.3 Å². The topological polar surface area (TPSA) is 335 Å². The SMILES string of the molecule is c1c[nH]cn1.c1cc[nH]c1.c1ccncc1.c1ccnnc1.c1ccoc1.c1ccsc1.c1cn[nH]c1.c1cn[nH]n1.c1cncnc1.c1cnoc1.c1cnon1.c1cnsc1.c1cnsn1.c1cocn1.c1cscn1.